The van der Waals surface area contributed by atoms with Crippen LogP contribution in [0.25, 0.3) is 16.9 Å². The van der Waals surface area contributed by atoms with Gasteiger partial charge in [0.15, 0.2) is 5.65 Å². The molecule has 4 aromatic rings. The molecular weight excluding hydrogens is 286 g/mol. The van der Waals surface area contributed by atoms with Crippen LogP contribution in [0.3, 0.4) is 0 Å². The number of nitrogens with zero attached hydrogens (tertiary/aromatic N) is 4. The third-order valence-corrected chi connectivity index (χ3v) is 3.58. The molecule has 0 saturated heterocycles. The summed E-state index contributed by atoms with van der Waals surface area (Å²) in [5, 5.41) is 7.74. The van der Waals surface area contributed by atoms with Gasteiger partial charge < -0.3 is 5.32 Å². The van der Waals surface area contributed by atoms with Crippen LogP contribution in [0, 0.1) is 6.92 Å². The van der Waals surface area contributed by atoms with Crippen molar-refractivity contribution in [2.75, 3.05) is 5.32 Å². The van der Waals surface area contributed by atoms with Crippen molar-refractivity contribution in [3.63, 3.8) is 0 Å². The predicted octanol–water partition coefficient (Wildman–Crippen LogP) is 3.84. The third kappa shape index (κ3) is 2.64. The highest BCUT2D eigenvalue weighted by Gasteiger charge is 2.09. The Kier molecular flexibility index (Phi) is 3.24. The summed E-state index contributed by atoms with van der Waals surface area (Å²) in [5.41, 5.74) is 4.76. The first-order valence-corrected chi connectivity index (χ1v) is 7.38. The normalized spacial score (nSPS) is 10.8. The summed E-state index contributed by atoms with van der Waals surface area (Å²) in [6.45, 7) is 2.02. The molecule has 0 fully saturated rings. The molecule has 0 unspecified atom stereocenters. The zero-order valence-corrected chi connectivity index (χ0v) is 12.6. The van der Waals surface area contributed by atoms with Gasteiger partial charge in [-0.3, -0.25) is 4.98 Å². The maximum Gasteiger partial charge on any atom is 0.157 e. The minimum atomic E-state index is 0.794. The Bertz CT molecular complexity index is 959. The molecule has 1 N–H and O–H groups in total. The van der Waals surface area contributed by atoms with Crippen LogP contribution < -0.4 is 5.32 Å². The number of rotatable bonds is 3. The molecule has 0 bridgehead atoms. The molecule has 5 nitrogen and oxygen atoms in total. The van der Waals surface area contributed by atoms with Crippen molar-refractivity contribution in [2.45, 2.75) is 6.92 Å². The predicted molar refractivity (Wildman–Crippen MR) is 90.7 cm³/mol. The molecule has 0 aliphatic rings. The number of benzene rings is 1. The average Bonchev–Trinajstić information content (AvgIpc) is 3.05. The number of anilines is 2. The number of nitrogens with one attached hydrogen (secondary N) is 1. The lowest BCUT2D eigenvalue weighted by molar-refractivity contribution is 0.948. The van der Waals surface area contributed by atoms with E-state index in [2.05, 4.69) is 26.4 Å². The second kappa shape index (κ2) is 5.53. The van der Waals surface area contributed by atoms with Crippen molar-refractivity contribution in [3.05, 3.63) is 72.7 Å². The number of pyridine rings is 1. The molecule has 5 heteroatoms. The van der Waals surface area contributed by atoms with Gasteiger partial charge in [0.2, 0.25) is 0 Å². The number of hydrogen-bond acceptors (Lipinski definition) is 4. The van der Waals surface area contributed by atoms with E-state index in [1.54, 1.807) is 10.7 Å². The first kappa shape index (κ1) is 13.5. The van der Waals surface area contributed by atoms with Crippen LogP contribution >= 0.6 is 0 Å². The molecule has 4 rings (SSSR count). The molecule has 0 spiro atoms. The van der Waals surface area contributed by atoms with Gasteiger partial charge in [0.25, 0.3) is 0 Å². The number of hydrogen-bond donors (Lipinski definition) is 1. The molecule has 23 heavy (non-hydrogen) atoms. The van der Waals surface area contributed by atoms with E-state index in [0.29, 0.717) is 0 Å². The number of fused-ring (bicyclic) bond motifs is 1. The van der Waals surface area contributed by atoms with Gasteiger partial charge in [-0.1, -0.05) is 18.2 Å². The maximum absolute atomic E-state index is 4.67. The standard InChI is InChI=1S/C18H15N5/c1-13-9-14(12-19-11-13)16-10-18(21-15-5-3-2-4-6-15)23-17(22-16)7-8-20-23/h2-12,21H,1H3. The lowest BCUT2D eigenvalue weighted by Crippen LogP contribution is -2.02. The molecular formula is C18H15N5. The second-order valence-electron chi connectivity index (χ2n) is 5.37. The Morgan fingerprint density at radius 3 is 2.70 bits per heavy atom. The van der Waals surface area contributed by atoms with Gasteiger partial charge in [0.1, 0.15) is 5.82 Å². The topological polar surface area (TPSA) is 55.1 Å². The number of para-hydroxylation sites is 1. The van der Waals surface area contributed by atoms with Gasteiger partial charge in [-0.2, -0.15) is 9.61 Å². The second-order valence-corrected chi connectivity index (χ2v) is 5.37. The van der Waals surface area contributed by atoms with Gasteiger partial charge in [0.05, 0.1) is 11.9 Å². The highest BCUT2D eigenvalue weighted by molar-refractivity contribution is 5.69. The fourth-order valence-corrected chi connectivity index (χ4v) is 2.51. The van der Waals surface area contributed by atoms with Crippen molar-refractivity contribution >= 4 is 17.2 Å². The van der Waals surface area contributed by atoms with Crippen LogP contribution in [0.15, 0.2) is 67.1 Å². The van der Waals surface area contributed by atoms with Crippen LogP contribution in [-0.4, -0.2) is 19.6 Å². The number of aromatic nitrogens is 4. The Labute approximate surface area is 133 Å². The van der Waals surface area contributed by atoms with Crippen LogP contribution in [-0.2, 0) is 0 Å². The van der Waals surface area contributed by atoms with E-state index in [4.69, 9.17) is 0 Å². The first-order valence-electron chi connectivity index (χ1n) is 7.38. The molecule has 3 aromatic heterocycles. The Morgan fingerprint density at radius 2 is 1.87 bits per heavy atom. The van der Waals surface area contributed by atoms with Crippen LogP contribution in [0.2, 0.25) is 0 Å². The van der Waals surface area contributed by atoms with Crippen LogP contribution in [0.5, 0.6) is 0 Å². The van der Waals surface area contributed by atoms with Crippen molar-refractivity contribution in [1.82, 2.24) is 19.6 Å². The molecule has 0 aliphatic heterocycles. The van der Waals surface area contributed by atoms with Gasteiger partial charge in [-0.15, -0.1) is 0 Å². The summed E-state index contributed by atoms with van der Waals surface area (Å²) >= 11 is 0. The summed E-state index contributed by atoms with van der Waals surface area (Å²) in [6, 6.07) is 16.0. The van der Waals surface area contributed by atoms with Crippen molar-refractivity contribution in [2.24, 2.45) is 0 Å². The zero-order valence-electron chi connectivity index (χ0n) is 12.6. The summed E-state index contributed by atoms with van der Waals surface area (Å²) < 4.78 is 1.79. The minimum absolute atomic E-state index is 0.794. The Balaban J connectivity index is 1.84. The molecule has 1 aromatic carbocycles. The largest absolute Gasteiger partial charge is 0.340 e. The van der Waals surface area contributed by atoms with Crippen molar-refractivity contribution < 1.29 is 0 Å². The zero-order chi connectivity index (χ0) is 15.6. The van der Waals surface area contributed by atoms with E-state index in [-0.39, 0.29) is 0 Å². The average molecular weight is 301 g/mol. The monoisotopic (exact) mass is 301 g/mol. The molecule has 0 atom stereocenters. The molecule has 0 aliphatic carbocycles. The third-order valence-electron chi connectivity index (χ3n) is 3.58. The highest BCUT2D eigenvalue weighted by atomic mass is 15.3. The van der Waals surface area contributed by atoms with Crippen LogP contribution in [0.1, 0.15) is 5.56 Å². The molecule has 112 valence electrons. The van der Waals surface area contributed by atoms with E-state index in [1.807, 2.05) is 61.8 Å². The van der Waals surface area contributed by atoms with Gasteiger partial charge in [0, 0.05) is 35.8 Å². The minimum Gasteiger partial charge on any atom is -0.340 e. The summed E-state index contributed by atoms with van der Waals surface area (Å²) in [4.78, 5) is 8.93. The maximum atomic E-state index is 4.67. The lowest BCUT2D eigenvalue weighted by atomic mass is 10.1. The molecule has 0 amide bonds. The smallest absolute Gasteiger partial charge is 0.157 e. The summed E-state index contributed by atoms with van der Waals surface area (Å²) in [7, 11) is 0. The van der Waals surface area contributed by atoms with E-state index >= 15 is 0 Å². The van der Waals surface area contributed by atoms with Crippen LogP contribution in [0.4, 0.5) is 11.5 Å². The summed E-state index contributed by atoms with van der Waals surface area (Å²) in [6.07, 6.45) is 5.41. The Hall–Kier alpha value is -3.21. The highest BCUT2D eigenvalue weighted by Crippen LogP contribution is 2.24. The lowest BCUT2D eigenvalue weighted by Gasteiger charge is -2.10. The molecule has 3 heterocycles. The fourth-order valence-electron chi connectivity index (χ4n) is 2.51. The van der Waals surface area contributed by atoms with Gasteiger partial charge in [-0.05, 0) is 30.7 Å². The fraction of sp³-hybridized carbons (Fsp3) is 0.0556. The summed E-state index contributed by atoms with van der Waals surface area (Å²) in [5.74, 6) is 0.864. The van der Waals surface area contributed by atoms with E-state index in [0.717, 1.165) is 34.0 Å². The molecule has 0 radical (unpaired) electrons. The van der Waals surface area contributed by atoms with Crippen molar-refractivity contribution in [1.29, 1.82) is 0 Å². The van der Waals surface area contributed by atoms with Gasteiger partial charge >= 0.3 is 0 Å². The van der Waals surface area contributed by atoms with E-state index in [9.17, 15) is 0 Å². The Morgan fingerprint density at radius 1 is 1.00 bits per heavy atom. The first-order chi connectivity index (χ1) is 11.3. The molecule has 0 saturated carbocycles. The SMILES string of the molecule is Cc1cncc(-c2cc(Nc3ccccc3)n3nccc3n2)c1. The van der Waals surface area contributed by atoms with E-state index in [1.165, 1.54) is 0 Å². The number of aryl methyl sites for hydroxylation is 1. The van der Waals surface area contributed by atoms with E-state index < -0.39 is 0 Å². The quantitative estimate of drug-likeness (QED) is 0.624. The van der Waals surface area contributed by atoms with Crippen molar-refractivity contribution in [3.8, 4) is 11.3 Å². The van der Waals surface area contributed by atoms with Gasteiger partial charge in [-0.25, -0.2) is 4.98 Å².